The summed E-state index contributed by atoms with van der Waals surface area (Å²) in [5.41, 5.74) is 0.405. The Morgan fingerprint density at radius 2 is 2.20 bits per heavy atom. The standard InChI is InChI=1S/C23H30N4O2S/c1-16(2)27-13-19(24-15-27)18-12-26(21(28)20-5-3-10-30-20)14-23(18)8-4-9-25(22(23)29)11-17-6-7-17/h3,5,10,13,15-18H,4,6-9,11-12,14H2,1-2H3/t18-,23+/m1/s1. The van der Waals surface area contributed by atoms with Gasteiger partial charge in [0, 0.05) is 44.3 Å². The molecule has 7 heteroatoms. The minimum atomic E-state index is -0.545. The molecule has 160 valence electrons. The zero-order valence-electron chi connectivity index (χ0n) is 17.8. The average Bonchev–Trinajstić information content (AvgIpc) is 3.17. The fourth-order valence-corrected chi connectivity index (χ4v) is 5.87. The van der Waals surface area contributed by atoms with Gasteiger partial charge in [-0.3, -0.25) is 9.59 Å². The second-order valence-corrected chi connectivity index (χ2v) is 10.5. The van der Waals surface area contributed by atoms with Gasteiger partial charge in [0.2, 0.25) is 5.91 Å². The number of thiophene rings is 1. The lowest BCUT2D eigenvalue weighted by molar-refractivity contribution is -0.146. The maximum atomic E-state index is 13.8. The molecule has 3 fully saturated rings. The Labute approximate surface area is 181 Å². The third-order valence-corrected chi connectivity index (χ3v) is 7.93. The largest absolute Gasteiger partial charge is 0.342 e. The number of hydrogen-bond acceptors (Lipinski definition) is 4. The topological polar surface area (TPSA) is 58.4 Å². The van der Waals surface area contributed by atoms with Gasteiger partial charge < -0.3 is 14.4 Å². The fourth-order valence-electron chi connectivity index (χ4n) is 5.18. The Bertz CT molecular complexity index is 933. The van der Waals surface area contributed by atoms with Gasteiger partial charge in [-0.2, -0.15) is 0 Å². The number of hydrogen-bond donors (Lipinski definition) is 0. The molecule has 30 heavy (non-hydrogen) atoms. The molecule has 3 aliphatic rings. The molecule has 1 saturated carbocycles. The van der Waals surface area contributed by atoms with Crippen molar-refractivity contribution in [3.63, 3.8) is 0 Å². The Morgan fingerprint density at radius 1 is 1.37 bits per heavy atom. The van der Waals surface area contributed by atoms with E-state index in [0.717, 1.165) is 36.5 Å². The highest BCUT2D eigenvalue weighted by atomic mass is 32.1. The second kappa shape index (κ2) is 7.52. The number of carbonyl (C=O) groups is 2. The second-order valence-electron chi connectivity index (χ2n) is 9.51. The van der Waals surface area contributed by atoms with E-state index in [4.69, 9.17) is 4.98 Å². The van der Waals surface area contributed by atoms with Gasteiger partial charge in [-0.15, -0.1) is 11.3 Å². The van der Waals surface area contributed by atoms with E-state index < -0.39 is 5.41 Å². The SMILES string of the molecule is CC(C)n1cnc([C@H]2CN(C(=O)c3cccs3)C[C@@]23CCCN(CC2CC2)C3=O)c1. The first-order valence-electron chi connectivity index (χ1n) is 11.1. The summed E-state index contributed by atoms with van der Waals surface area (Å²) >= 11 is 1.47. The minimum Gasteiger partial charge on any atom is -0.342 e. The summed E-state index contributed by atoms with van der Waals surface area (Å²) in [4.78, 5) is 36.5. The molecule has 2 atom stereocenters. The number of carbonyl (C=O) groups excluding carboxylic acids is 2. The van der Waals surface area contributed by atoms with E-state index in [9.17, 15) is 9.59 Å². The van der Waals surface area contributed by atoms with Crippen LogP contribution in [0.25, 0.3) is 0 Å². The van der Waals surface area contributed by atoms with Crippen molar-refractivity contribution in [1.82, 2.24) is 19.4 Å². The van der Waals surface area contributed by atoms with Crippen LogP contribution in [0.5, 0.6) is 0 Å². The Balaban J connectivity index is 1.49. The first kappa shape index (κ1) is 19.8. The number of amides is 2. The summed E-state index contributed by atoms with van der Waals surface area (Å²) in [5.74, 6) is 0.914. The molecular weight excluding hydrogens is 396 g/mol. The van der Waals surface area contributed by atoms with E-state index in [1.165, 1.54) is 24.2 Å². The van der Waals surface area contributed by atoms with Crippen LogP contribution in [0, 0.1) is 11.3 Å². The van der Waals surface area contributed by atoms with Gasteiger partial charge in [0.1, 0.15) is 0 Å². The molecular formula is C23H30N4O2S. The van der Waals surface area contributed by atoms with E-state index in [0.29, 0.717) is 25.0 Å². The van der Waals surface area contributed by atoms with Crippen molar-refractivity contribution in [2.45, 2.75) is 51.5 Å². The molecule has 2 aromatic heterocycles. The highest BCUT2D eigenvalue weighted by Gasteiger charge is 2.57. The molecule has 6 nitrogen and oxygen atoms in total. The van der Waals surface area contributed by atoms with Gasteiger partial charge in [-0.1, -0.05) is 6.07 Å². The molecule has 1 spiro atoms. The van der Waals surface area contributed by atoms with Crippen molar-refractivity contribution in [3.8, 4) is 0 Å². The van der Waals surface area contributed by atoms with E-state index in [1.807, 2.05) is 28.7 Å². The summed E-state index contributed by atoms with van der Waals surface area (Å²) in [6, 6.07) is 4.11. The van der Waals surface area contributed by atoms with Gasteiger partial charge in [0.15, 0.2) is 0 Å². The fraction of sp³-hybridized carbons (Fsp3) is 0.609. The molecule has 4 heterocycles. The van der Waals surface area contributed by atoms with Crippen molar-refractivity contribution < 1.29 is 9.59 Å². The van der Waals surface area contributed by atoms with E-state index in [1.54, 1.807) is 0 Å². The lowest BCUT2D eigenvalue weighted by atomic mass is 9.70. The summed E-state index contributed by atoms with van der Waals surface area (Å²) < 4.78 is 2.10. The van der Waals surface area contributed by atoms with Gasteiger partial charge in [-0.25, -0.2) is 4.98 Å². The highest BCUT2D eigenvalue weighted by molar-refractivity contribution is 7.12. The molecule has 2 aromatic rings. The van der Waals surface area contributed by atoms with Crippen molar-refractivity contribution in [1.29, 1.82) is 0 Å². The van der Waals surface area contributed by atoms with E-state index >= 15 is 0 Å². The van der Waals surface area contributed by atoms with E-state index in [2.05, 4.69) is 29.5 Å². The Kier molecular flexibility index (Phi) is 4.96. The summed E-state index contributed by atoms with van der Waals surface area (Å²) in [6.45, 7) is 7.06. The molecule has 0 bridgehead atoms. The van der Waals surface area contributed by atoms with Gasteiger partial charge >= 0.3 is 0 Å². The molecule has 5 rings (SSSR count). The van der Waals surface area contributed by atoms with E-state index in [-0.39, 0.29) is 17.7 Å². The summed E-state index contributed by atoms with van der Waals surface area (Å²) in [7, 11) is 0. The maximum absolute atomic E-state index is 13.8. The Hall–Kier alpha value is -2.15. The predicted molar refractivity (Wildman–Crippen MR) is 117 cm³/mol. The van der Waals surface area contributed by atoms with Crippen LogP contribution in [0.3, 0.4) is 0 Å². The lowest BCUT2D eigenvalue weighted by Gasteiger charge is -2.42. The summed E-state index contributed by atoms with van der Waals surface area (Å²) in [5, 5.41) is 1.93. The Morgan fingerprint density at radius 3 is 2.87 bits per heavy atom. The van der Waals surface area contributed by atoms with Crippen molar-refractivity contribution in [3.05, 3.63) is 40.6 Å². The van der Waals surface area contributed by atoms with Crippen LogP contribution >= 0.6 is 11.3 Å². The number of aromatic nitrogens is 2. The molecule has 0 radical (unpaired) electrons. The minimum absolute atomic E-state index is 0.0438. The molecule has 0 N–H and O–H groups in total. The third kappa shape index (κ3) is 3.37. The molecule has 2 aliphatic heterocycles. The van der Waals surface area contributed by atoms with Crippen LogP contribution in [0.2, 0.25) is 0 Å². The first-order chi connectivity index (χ1) is 14.5. The molecule has 1 aliphatic carbocycles. The first-order valence-corrected chi connectivity index (χ1v) is 12.0. The quantitative estimate of drug-likeness (QED) is 0.731. The monoisotopic (exact) mass is 426 g/mol. The average molecular weight is 427 g/mol. The number of imidazole rings is 1. The molecule has 0 unspecified atom stereocenters. The van der Waals surface area contributed by atoms with Gasteiger partial charge in [0.05, 0.1) is 22.3 Å². The van der Waals surface area contributed by atoms with Crippen molar-refractivity contribution in [2.24, 2.45) is 11.3 Å². The normalized spacial score (nSPS) is 26.9. The van der Waals surface area contributed by atoms with Crippen molar-refractivity contribution in [2.75, 3.05) is 26.2 Å². The number of nitrogens with zero attached hydrogens (tertiary/aromatic N) is 4. The number of rotatable bonds is 5. The van der Waals surface area contributed by atoms with Crippen LogP contribution in [0.15, 0.2) is 30.0 Å². The predicted octanol–water partition coefficient (Wildman–Crippen LogP) is 3.78. The van der Waals surface area contributed by atoms with Gasteiger partial charge in [-0.05, 0) is 56.9 Å². The van der Waals surface area contributed by atoms with Crippen LogP contribution in [0.4, 0.5) is 0 Å². The summed E-state index contributed by atoms with van der Waals surface area (Å²) in [6.07, 6.45) is 8.27. The maximum Gasteiger partial charge on any atom is 0.263 e. The van der Waals surface area contributed by atoms with Crippen molar-refractivity contribution >= 4 is 23.2 Å². The lowest BCUT2D eigenvalue weighted by Crippen LogP contribution is -2.52. The van der Waals surface area contributed by atoms with Gasteiger partial charge in [0.25, 0.3) is 5.91 Å². The molecule has 0 aromatic carbocycles. The third-order valence-electron chi connectivity index (χ3n) is 7.08. The molecule has 2 amide bonds. The smallest absolute Gasteiger partial charge is 0.263 e. The zero-order chi connectivity index (χ0) is 20.9. The van der Waals surface area contributed by atoms with Crippen LogP contribution in [-0.4, -0.2) is 57.3 Å². The highest BCUT2D eigenvalue weighted by Crippen LogP contribution is 2.50. The van der Waals surface area contributed by atoms with Crippen LogP contribution in [0.1, 0.15) is 66.9 Å². The van der Waals surface area contributed by atoms with Crippen LogP contribution < -0.4 is 0 Å². The zero-order valence-corrected chi connectivity index (χ0v) is 18.6. The molecule has 2 saturated heterocycles. The number of likely N-dealkylation sites (tertiary alicyclic amines) is 2. The number of piperidine rings is 1. The van der Waals surface area contributed by atoms with Crippen LogP contribution in [-0.2, 0) is 4.79 Å².